The molecule has 0 bridgehead atoms. The zero-order valence-corrected chi connectivity index (χ0v) is 9.97. The maximum atomic E-state index is 10.9. The standard InChI is InChI=1S/C6H12N2O6S2/c1-4(7-5(9)2-15(11)12)8-6(10)3-16(13)14/h4H,2-3H2,1H3,(H,7,9)(H,8,10)(H,11,12)(H,13,14). The van der Waals surface area contributed by atoms with Gasteiger partial charge in [-0.2, -0.15) is 0 Å². The van der Waals surface area contributed by atoms with Crippen LogP contribution in [0.2, 0.25) is 0 Å². The van der Waals surface area contributed by atoms with Crippen molar-refractivity contribution in [2.24, 2.45) is 0 Å². The number of carbonyl (C=O) groups excluding carboxylic acids is 2. The van der Waals surface area contributed by atoms with E-state index >= 15 is 0 Å². The van der Waals surface area contributed by atoms with Gasteiger partial charge in [-0.05, 0) is 6.92 Å². The average molecular weight is 272 g/mol. The number of hydrogen-bond donors (Lipinski definition) is 4. The molecule has 2 amide bonds. The minimum atomic E-state index is -2.25. The number of carbonyl (C=O) groups is 2. The van der Waals surface area contributed by atoms with E-state index in [9.17, 15) is 18.0 Å². The Labute approximate surface area is 96.7 Å². The predicted octanol–water partition coefficient (Wildman–Crippen LogP) is -1.99. The number of amides is 2. The molecule has 2 unspecified atom stereocenters. The van der Waals surface area contributed by atoms with Crippen molar-refractivity contribution in [3.63, 3.8) is 0 Å². The van der Waals surface area contributed by atoms with Crippen LogP contribution in [0.5, 0.6) is 0 Å². The third kappa shape index (κ3) is 8.47. The molecule has 0 heterocycles. The van der Waals surface area contributed by atoms with Crippen LogP contribution < -0.4 is 10.6 Å². The van der Waals surface area contributed by atoms with Gasteiger partial charge in [0, 0.05) is 0 Å². The van der Waals surface area contributed by atoms with Crippen LogP contribution in [0.4, 0.5) is 0 Å². The Bertz CT molecular complexity index is 290. The number of hydrogen-bond acceptors (Lipinski definition) is 4. The highest BCUT2D eigenvalue weighted by atomic mass is 32.2. The number of nitrogens with one attached hydrogen (secondary N) is 2. The molecule has 0 aromatic rings. The van der Waals surface area contributed by atoms with Crippen LogP contribution in [0.3, 0.4) is 0 Å². The Hall–Kier alpha value is -0.840. The Balaban J connectivity index is 3.94. The van der Waals surface area contributed by atoms with Crippen LogP contribution in [0.1, 0.15) is 6.92 Å². The van der Waals surface area contributed by atoms with Gasteiger partial charge in [0.1, 0.15) is 11.5 Å². The second-order valence-electron chi connectivity index (χ2n) is 2.79. The lowest BCUT2D eigenvalue weighted by molar-refractivity contribution is -0.121. The van der Waals surface area contributed by atoms with Gasteiger partial charge in [0.25, 0.3) is 0 Å². The van der Waals surface area contributed by atoms with Gasteiger partial charge in [-0.25, -0.2) is 8.42 Å². The summed E-state index contributed by atoms with van der Waals surface area (Å²) in [6, 6.07) is 0. The van der Waals surface area contributed by atoms with E-state index in [2.05, 4.69) is 10.6 Å². The topological polar surface area (TPSA) is 133 Å². The van der Waals surface area contributed by atoms with Crippen LogP contribution in [0.25, 0.3) is 0 Å². The number of rotatable bonds is 6. The van der Waals surface area contributed by atoms with Crippen molar-refractivity contribution in [1.82, 2.24) is 10.6 Å². The Morgan fingerprint density at radius 2 is 1.38 bits per heavy atom. The first-order valence-corrected chi connectivity index (χ1v) is 6.60. The van der Waals surface area contributed by atoms with Crippen molar-refractivity contribution in [1.29, 1.82) is 0 Å². The quantitative estimate of drug-likeness (QED) is 0.327. The molecule has 0 aliphatic rings. The van der Waals surface area contributed by atoms with E-state index in [1.54, 1.807) is 0 Å². The molecule has 0 fully saturated rings. The first kappa shape index (κ1) is 15.2. The summed E-state index contributed by atoms with van der Waals surface area (Å²) in [5.74, 6) is -2.60. The van der Waals surface area contributed by atoms with Crippen molar-refractivity contribution < 1.29 is 27.1 Å². The van der Waals surface area contributed by atoms with Crippen LogP contribution in [0.15, 0.2) is 0 Å². The maximum absolute atomic E-state index is 10.9. The SMILES string of the molecule is CC(NC(=O)CS(=O)O)NC(=O)CS(=O)O. The van der Waals surface area contributed by atoms with E-state index in [4.69, 9.17) is 9.11 Å². The first-order valence-electron chi connectivity index (χ1n) is 4.05. The smallest absolute Gasteiger partial charge is 0.236 e. The fourth-order valence-corrected chi connectivity index (χ4v) is 1.44. The minimum Gasteiger partial charge on any atom is -0.335 e. The molecule has 8 nitrogen and oxygen atoms in total. The van der Waals surface area contributed by atoms with Crippen molar-refractivity contribution in [3.8, 4) is 0 Å². The minimum absolute atomic E-state index is 0.591. The molecule has 94 valence electrons. The molecule has 10 heteroatoms. The molecule has 16 heavy (non-hydrogen) atoms. The second-order valence-corrected chi connectivity index (χ2v) is 4.65. The maximum Gasteiger partial charge on any atom is 0.236 e. The normalized spacial score (nSPS) is 15.9. The summed E-state index contributed by atoms with van der Waals surface area (Å²) in [6.07, 6.45) is -0.785. The third-order valence-electron chi connectivity index (χ3n) is 1.26. The Morgan fingerprint density at radius 1 is 1.06 bits per heavy atom. The van der Waals surface area contributed by atoms with Crippen molar-refractivity contribution >= 4 is 34.0 Å². The van der Waals surface area contributed by atoms with E-state index in [1.807, 2.05) is 0 Å². The van der Waals surface area contributed by atoms with Crippen LogP contribution in [-0.4, -0.2) is 47.0 Å². The van der Waals surface area contributed by atoms with Gasteiger partial charge in [-0.3, -0.25) is 9.59 Å². The van der Waals surface area contributed by atoms with E-state index in [0.717, 1.165) is 0 Å². The van der Waals surface area contributed by atoms with Gasteiger partial charge < -0.3 is 19.7 Å². The van der Waals surface area contributed by atoms with Crippen LogP contribution >= 0.6 is 0 Å². The van der Waals surface area contributed by atoms with E-state index in [1.165, 1.54) is 6.92 Å². The van der Waals surface area contributed by atoms with Gasteiger partial charge in [0.15, 0.2) is 22.2 Å². The van der Waals surface area contributed by atoms with Crippen molar-refractivity contribution in [2.45, 2.75) is 13.1 Å². The molecule has 0 saturated heterocycles. The summed E-state index contributed by atoms with van der Waals surface area (Å²) in [7, 11) is 0. The van der Waals surface area contributed by atoms with E-state index in [0.29, 0.717) is 0 Å². The van der Waals surface area contributed by atoms with Crippen LogP contribution in [-0.2, 0) is 31.7 Å². The van der Waals surface area contributed by atoms with Gasteiger partial charge in [0.05, 0.1) is 6.17 Å². The fourth-order valence-electron chi connectivity index (χ4n) is 0.827. The molecular formula is C6H12N2O6S2. The monoisotopic (exact) mass is 272 g/mol. The molecule has 0 aromatic carbocycles. The lowest BCUT2D eigenvalue weighted by Crippen LogP contribution is -2.48. The van der Waals surface area contributed by atoms with Gasteiger partial charge in [-0.15, -0.1) is 0 Å². The molecule has 2 atom stereocenters. The van der Waals surface area contributed by atoms with Crippen LogP contribution in [0, 0.1) is 0 Å². The Morgan fingerprint density at radius 3 is 1.62 bits per heavy atom. The molecular weight excluding hydrogens is 260 g/mol. The summed E-state index contributed by atoms with van der Waals surface area (Å²) < 4.78 is 37.3. The summed E-state index contributed by atoms with van der Waals surface area (Å²) in [6.45, 7) is 1.41. The fraction of sp³-hybridized carbons (Fsp3) is 0.667. The average Bonchev–Trinajstić information content (AvgIpc) is 1.97. The van der Waals surface area contributed by atoms with E-state index < -0.39 is 51.6 Å². The zero-order valence-electron chi connectivity index (χ0n) is 8.34. The van der Waals surface area contributed by atoms with Crippen molar-refractivity contribution in [3.05, 3.63) is 0 Å². The largest absolute Gasteiger partial charge is 0.335 e. The molecule has 0 aliphatic carbocycles. The summed E-state index contributed by atoms with van der Waals surface area (Å²) in [4.78, 5) is 21.9. The van der Waals surface area contributed by atoms with E-state index in [-0.39, 0.29) is 0 Å². The molecule has 0 rings (SSSR count). The highest BCUT2D eigenvalue weighted by molar-refractivity contribution is 7.80. The highest BCUT2D eigenvalue weighted by Crippen LogP contribution is 1.82. The molecule has 0 spiro atoms. The summed E-state index contributed by atoms with van der Waals surface area (Å²) in [5.41, 5.74) is 0. The Kier molecular flexibility index (Phi) is 7.05. The molecule has 0 saturated carbocycles. The summed E-state index contributed by atoms with van der Waals surface area (Å²) in [5, 5.41) is 4.42. The van der Waals surface area contributed by atoms with Gasteiger partial charge >= 0.3 is 0 Å². The van der Waals surface area contributed by atoms with Gasteiger partial charge in [-0.1, -0.05) is 0 Å². The predicted molar refractivity (Wildman–Crippen MR) is 57.0 cm³/mol. The second kappa shape index (κ2) is 7.44. The van der Waals surface area contributed by atoms with Crippen molar-refractivity contribution in [2.75, 3.05) is 11.5 Å². The lowest BCUT2D eigenvalue weighted by atomic mass is 10.5. The molecule has 0 aliphatic heterocycles. The van der Waals surface area contributed by atoms with Gasteiger partial charge in [0.2, 0.25) is 11.8 Å². The first-order chi connectivity index (χ1) is 7.31. The zero-order chi connectivity index (χ0) is 12.7. The molecule has 0 aromatic heterocycles. The third-order valence-corrected chi connectivity index (χ3v) is 2.28. The highest BCUT2D eigenvalue weighted by Gasteiger charge is 2.13. The lowest BCUT2D eigenvalue weighted by Gasteiger charge is -2.14. The summed E-state index contributed by atoms with van der Waals surface area (Å²) >= 11 is -4.49. The molecule has 4 N–H and O–H groups in total. The molecule has 0 radical (unpaired) electrons.